The largest absolute Gasteiger partial charge is 0.468 e. The van der Waals surface area contributed by atoms with Crippen molar-refractivity contribution in [2.24, 2.45) is 5.92 Å². The van der Waals surface area contributed by atoms with Crippen molar-refractivity contribution in [1.29, 1.82) is 5.26 Å². The molecule has 1 aromatic rings. The Kier molecular flexibility index (Phi) is 6.66. The van der Waals surface area contributed by atoms with E-state index in [2.05, 4.69) is 10.1 Å². The fourth-order valence-corrected chi connectivity index (χ4v) is 3.55. The third kappa shape index (κ3) is 4.18. The number of ether oxygens (including phenoxy) is 2. The van der Waals surface area contributed by atoms with Gasteiger partial charge in [0.25, 0.3) is 0 Å². The lowest BCUT2D eigenvalue weighted by atomic mass is 9.78. The van der Waals surface area contributed by atoms with Crippen LogP contribution in [0.3, 0.4) is 0 Å². The van der Waals surface area contributed by atoms with Crippen LogP contribution in [-0.4, -0.2) is 37.8 Å². The Bertz CT molecular complexity index is 800. The molecule has 0 saturated heterocycles. The van der Waals surface area contributed by atoms with Crippen molar-refractivity contribution in [3.8, 4) is 6.07 Å². The highest BCUT2D eigenvalue weighted by Gasteiger charge is 2.44. The van der Waals surface area contributed by atoms with Gasteiger partial charge in [-0.3, -0.25) is 14.4 Å². The smallest absolute Gasteiger partial charge is 0.319 e. The van der Waals surface area contributed by atoms with Gasteiger partial charge in [0.15, 0.2) is 0 Å². The van der Waals surface area contributed by atoms with Crippen LogP contribution >= 0.6 is 23.4 Å². The number of carbonyl (C=O) groups excluding carboxylic acids is 3. The Morgan fingerprint density at radius 2 is 1.92 bits per heavy atom. The van der Waals surface area contributed by atoms with Gasteiger partial charge in [0.2, 0.25) is 5.91 Å². The maximum absolute atomic E-state index is 12.5. The van der Waals surface area contributed by atoms with Crippen LogP contribution in [0.25, 0.3) is 0 Å². The molecule has 26 heavy (non-hydrogen) atoms. The van der Waals surface area contributed by atoms with Crippen LogP contribution in [0.5, 0.6) is 0 Å². The summed E-state index contributed by atoms with van der Waals surface area (Å²) in [6, 6.07) is 8.53. The number of halogens is 1. The number of nitrogens with zero attached hydrogens (tertiary/aromatic N) is 1. The van der Waals surface area contributed by atoms with E-state index in [1.54, 1.807) is 24.3 Å². The molecule has 0 spiro atoms. The number of methoxy groups -OCH3 is 2. The zero-order valence-corrected chi connectivity index (χ0v) is 15.5. The normalized spacial score (nSPS) is 19.4. The molecule has 1 aromatic carbocycles. The van der Waals surface area contributed by atoms with Gasteiger partial charge >= 0.3 is 11.9 Å². The van der Waals surface area contributed by atoms with E-state index in [1.165, 1.54) is 14.2 Å². The summed E-state index contributed by atoms with van der Waals surface area (Å²) in [7, 11) is 2.41. The number of carbonyl (C=O) groups is 3. The van der Waals surface area contributed by atoms with E-state index in [9.17, 15) is 19.6 Å². The quantitative estimate of drug-likeness (QED) is 0.601. The average Bonchev–Trinajstić information content (AvgIpc) is 2.65. The number of esters is 2. The summed E-state index contributed by atoms with van der Waals surface area (Å²) in [6.07, 6.45) is 0. The van der Waals surface area contributed by atoms with Crippen LogP contribution in [0.2, 0.25) is 5.02 Å². The van der Waals surface area contributed by atoms with Crippen LogP contribution in [0.15, 0.2) is 34.9 Å². The summed E-state index contributed by atoms with van der Waals surface area (Å²) in [5, 5.41) is 12.9. The molecule has 0 radical (unpaired) electrons. The average molecular weight is 395 g/mol. The number of benzene rings is 1. The number of hydrogen-bond acceptors (Lipinski definition) is 7. The van der Waals surface area contributed by atoms with Crippen LogP contribution in [0, 0.1) is 17.2 Å². The predicted molar refractivity (Wildman–Crippen MR) is 95.0 cm³/mol. The van der Waals surface area contributed by atoms with E-state index in [4.69, 9.17) is 16.3 Å². The molecule has 7 nitrogen and oxygen atoms in total. The molecule has 1 heterocycles. The van der Waals surface area contributed by atoms with Gasteiger partial charge in [-0.05, 0) is 17.7 Å². The van der Waals surface area contributed by atoms with Gasteiger partial charge in [0.1, 0.15) is 5.92 Å². The van der Waals surface area contributed by atoms with E-state index < -0.39 is 29.7 Å². The van der Waals surface area contributed by atoms with E-state index in [0.29, 0.717) is 10.6 Å². The Labute approximate surface area is 159 Å². The first-order valence-corrected chi connectivity index (χ1v) is 8.77. The minimum Gasteiger partial charge on any atom is -0.468 e. The number of nitrogens with one attached hydrogen (secondary N) is 1. The number of rotatable bonds is 5. The SMILES string of the molecule is COC(=O)CSC1=C(C#N)C(c2ccc(Cl)cc2)[C@@H](C(=O)OC)C(=O)N1. The van der Waals surface area contributed by atoms with Gasteiger partial charge < -0.3 is 14.8 Å². The zero-order chi connectivity index (χ0) is 19.3. The highest BCUT2D eigenvalue weighted by molar-refractivity contribution is 8.03. The number of thioether (sulfide) groups is 1. The first-order valence-electron chi connectivity index (χ1n) is 7.41. The van der Waals surface area contributed by atoms with Crippen molar-refractivity contribution >= 4 is 41.2 Å². The summed E-state index contributed by atoms with van der Waals surface area (Å²) in [4.78, 5) is 36.1. The fourth-order valence-electron chi connectivity index (χ4n) is 2.54. The molecule has 0 aromatic heterocycles. The van der Waals surface area contributed by atoms with Crippen molar-refractivity contribution in [3.05, 3.63) is 45.5 Å². The molecular weight excluding hydrogens is 380 g/mol. The molecular formula is C17H15ClN2O5S. The van der Waals surface area contributed by atoms with E-state index >= 15 is 0 Å². The number of allylic oxidation sites excluding steroid dienone is 1. The second-order valence-electron chi connectivity index (χ2n) is 5.24. The van der Waals surface area contributed by atoms with Gasteiger partial charge in [-0.25, -0.2) is 0 Å². The second kappa shape index (κ2) is 8.74. The molecule has 0 fully saturated rings. The fraction of sp³-hybridized carbons (Fsp3) is 0.294. The monoisotopic (exact) mass is 394 g/mol. The molecule has 0 aliphatic carbocycles. The van der Waals surface area contributed by atoms with E-state index in [1.807, 2.05) is 6.07 Å². The zero-order valence-electron chi connectivity index (χ0n) is 13.9. The molecule has 1 N–H and O–H groups in total. The Morgan fingerprint density at radius 1 is 1.27 bits per heavy atom. The van der Waals surface area contributed by atoms with E-state index in [0.717, 1.165) is 11.8 Å². The molecule has 2 atom stereocenters. The summed E-state index contributed by atoms with van der Waals surface area (Å²) >= 11 is 6.86. The second-order valence-corrected chi connectivity index (χ2v) is 6.66. The van der Waals surface area contributed by atoms with Crippen molar-refractivity contribution in [2.45, 2.75) is 5.92 Å². The van der Waals surface area contributed by atoms with Crippen LogP contribution in [-0.2, 0) is 23.9 Å². The van der Waals surface area contributed by atoms with Gasteiger partial charge in [-0.1, -0.05) is 35.5 Å². The lowest BCUT2D eigenvalue weighted by Gasteiger charge is -2.30. The van der Waals surface area contributed by atoms with Crippen LogP contribution in [0.4, 0.5) is 0 Å². The minimum absolute atomic E-state index is 0.0898. The van der Waals surface area contributed by atoms with Crippen molar-refractivity contribution < 1.29 is 23.9 Å². The third-order valence-corrected chi connectivity index (χ3v) is 5.02. The maximum atomic E-state index is 12.5. The molecule has 0 saturated carbocycles. The summed E-state index contributed by atoms with van der Waals surface area (Å²) in [6.45, 7) is 0. The Hall–Kier alpha value is -2.50. The molecule has 9 heteroatoms. The summed E-state index contributed by atoms with van der Waals surface area (Å²) in [5.74, 6) is -4.03. The number of hydrogen-bond donors (Lipinski definition) is 1. The van der Waals surface area contributed by atoms with Crippen molar-refractivity contribution in [3.63, 3.8) is 0 Å². The van der Waals surface area contributed by atoms with Gasteiger partial charge in [0.05, 0.1) is 36.6 Å². The minimum atomic E-state index is -1.22. The first kappa shape index (κ1) is 19.8. The molecule has 1 aliphatic rings. The summed E-state index contributed by atoms with van der Waals surface area (Å²) < 4.78 is 9.31. The molecule has 0 bridgehead atoms. The standard InChI is InChI=1S/C17H15ClN2O5S/c1-24-12(21)8-26-16-11(7-19)13(9-3-5-10(18)6-4-9)14(15(22)20-16)17(23)25-2/h3-6,13-14H,8H2,1-2H3,(H,20,22)/t13?,14-/m1/s1. The first-order chi connectivity index (χ1) is 12.4. The Balaban J connectivity index is 2.53. The highest BCUT2D eigenvalue weighted by atomic mass is 35.5. The number of amides is 1. The van der Waals surface area contributed by atoms with Crippen molar-refractivity contribution in [1.82, 2.24) is 5.32 Å². The highest BCUT2D eigenvalue weighted by Crippen LogP contribution is 2.40. The third-order valence-electron chi connectivity index (χ3n) is 3.77. The molecule has 136 valence electrons. The maximum Gasteiger partial charge on any atom is 0.319 e. The van der Waals surface area contributed by atoms with Crippen molar-refractivity contribution in [2.75, 3.05) is 20.0 Å². The molecule has 1 unspecified atom stereocenters. The van der Waals surface area contributed by atoms with Gasteiger partial charge in [0, 0.05) is 10.9 Å². The molecule has 1 aliphatic heterocycles. The van der Waals surface area contributed by atoms with Gasteiger partial charge in [-0.2, -0.15) is 5.26 Å². The van der Waals surface area contributed by atoms with Crippen LogP contribution in [0.1, 0.15) is 11.5 Å². The lowest BCUT2D eigenvalue weighted by Crippen LogP contribution is -2.44. The predicted octanol–water partition coefficient (Wildman–Crippen LogP) is 1.98. The van der Waals surface area contributed by atoms with E-state index in [-0.39, 0.29) is 16.4 Å². The lowest BCUT2D eigenvalue weighted by molar-refractivity contribution is -0.150. The number of nitriles is 1. The topological polar surface area (TPSA) is 105 Å². The van der Waals surface area contributed by atoms with Gasteiger partial charge in [-0.15, -0.1) is 0 Å². The molecule has 1 amide bonds. The molecule has 2 rings (SSSR count). The summed E-state index contributed by atoms with van der Waals surface area (Å²) in [5.41, 5.74) is 0.726. The van der Waals surface area contributed by atoms with Crippen LogP contribution < -0.4 is 5.32 Å². The Morgan fingerprint density at radius 3 is 2.46 bits per heavy atom.